The van der Waals surface area contributed by atoms with Crippen molar-refractivity contribution >= 4 is 29.9 Å². The lowest BCUT2D eigenvalue weighted by molar-refractivity contribution is 0.203. The molecule has 1 aromatic heterocycles. The van der Waals surface area contributed by atoms with Crippen LogP contribution in [-0.2, 0) is 17.7 Å². The Morgan fingerprint density at radius 2 is 1.96 bits per heavy atom. The molecule has 2 aromatic rings. The van der Waals surface area contributed by atoms with E-state index in [0.717, 1.165) is 36.0 Å². The van der Waals surface area contributed by atoms with Crippen LogP contribution in [0.3, 0.4) is 0 Å². The molecule has 0 atom stereocenters. The number of nitrogens with one attached hydrogen (secondary N) is 2. The van der Waals surface area contributed by atoms with Crippen molar-refractivity contribution in [1.29, 1.82) is 0 Å². The molecule has 0 spiro atoms. The van der Waals surface area contributed by atoms with Crippen molar-refractivity contribution in [2.75, 3.05) is 33.9 Å². The first-order chi connectivity index (χ1) is 12.2. The predicted octanol–water partition coefficient (Wildman–Crippen LogP) is 3.14. The third-order valence-electron chi connectivity index (χ3n) is 3.69. The normalized spacial score (nSPS) is 11.0. The van der Waals surface area contributed by atoms with Gasteiger partial charge in [-0.15, -0.1) is 24.0 Å². The molecule has 1 heterocycles. The summed E-state index contributed by atoms with van der Waals surface area (Å²) in [5.41, 5.74) is 2.21. The number of methoxy groups -OCH3 is 2. The molecule has 1 aromatic carbocycles. The number of benzene rings is 1. The Balaban J connectivity index is 0.00000338. The average Bonchev–Trinajstić information content (AvgIpc) is 3.13. The maximum atomic E-state index is 5.44. The summed E-state index contributed by atoms with van der Waals surface area (Å²) in [6.45, 7) is 4.62. The van der Waals surface area contributed by atoms with E-state index in [4.69, 9.17) is 13.9 Å². The molecule has 2 N–H and O–H groups in total. The van der Waals surface area contributed by atoms with Gasteiger partial charge in [0.15, 0.2) is 5.96 Å². The SMILES string of the molecule is COCCNC(=NCc1ccc(C)cc1OC)NCCc1ccco1.I. The highest BCUT2D eigenvalue weighted by Gasteiger charge is 2.04. The maximum Gasteiger partial charge on any atom is 0.191 e. The van der Waals surface area contributed by atoms with Gasteiger partial charge in [0.2, 0.25) is 0 Å². The minimum atomic E-state index is 0. The van der Waals surface area contributed by atoms with Crippen LogP contribution in [0.25, 0.3) is 0 Å². The summed E-state index contributed by atoms with van der Waals surface area (Å²) in [6, 6.07) is 10.00. The van der Waals surface area contributed by atoms with E-state index < -0.39 is 0 Å². The molecule has 0 amide bonds. The second-order valence-corrected chi connectivity index (χ2v) is 5.66. The first kappa shape index (κ1) is 22.3. The van der Waals surface area contributed by atoms with E-state index in [1.54, 1.807) is 20.5 Å². The maximum absolute atomic E-state index is 5.44. The number of aliphatic imine (C=N–C) groups is 1. The summed E-state index contributed by atoms with van der Waals surface area (Å²) in [6.07, 6.45) is 2.48. The second kappa shape index (κ2) is 12.6. The van der Waals surface area contributed by atoms with Gasteiger partial charge < -0.3 is 24.5 Å². The highest BCUT2D eigenvalue weighted by atomic mass is 127. The van der Waals surface area contributed by atoms with Crippen molar-refractivity contribution in [3.63, 3.8) is 0 Å². The summed E-state index contributed by atoms with van der Waals surface area (Å²) in [5, 5.41) is 6.58. The van der Waals surface area contributed by atoms with Gasteiger partial charge in [0.1, 0.15) is 11.5 Å². The van der Waals surface area contributed by atoms with E-state index in [-0.39, 0.29) is 24.0 Å². The van der Waals surface area contributed by atoms with Gasteiger partial charge in [-0.25, -0.2) is 4.99 Å². The van der Waals surface area contributed by atoms with E-state index in [2.05, 4.69) is 21.7 Å². The minimum absolute atomic E-state index is 0. The lowest BCUT2D eigenvalue weighted by Gasteiger charge is -2.13. The number of nitrogens with zero attached hydrogens (tertiary/aromatic N) is 1. The molecule has 0 aliphatic heterocycles. The third-order valence-corrected chi connectivity index (χ3v) is 3.69. The Labute approximate surface area is 172 Å². The van der Waals surface area contributed by atoms with Gasteiger partial charge in [0.05, 0.1) is 26.5 Å². The molecule has 0 aliphatic rings. The highest BCUT2D eigenvalue weighted by Crippen LogP contribution is 2.20. The van der Waals surface area contributed by atoms with Crippen molar-refractivity contribution in [2.45, 2.75) is 19.9 Å². The van der Waals surface area contributed by atoms with Crippen molar-refractivity contribution in [1.82, 2.24) is 10.6 Å². The van der Waals surface area contributed by atoms with E-state index in [9.17, 15) is 0 Å². The smallest absolute Gasteiger partial charge is 0.191 e. The molecule has 144 valence electrons. The molecule has 0 radical (unpaired) electrons. The van der Waals surface area contributed by atoms with Crippen molar-refractivity contribution < 1.29 is 13.9 Å². The van der Waals surface area contributed by atoms with Gasteiger partial charge in [-0.3, -0.25) is 0 Å². The molecule has 0 bridgehead atoms. The largest absolute Gasteiger partial charge is 0.496 e. The zero-order chi connectivity index (χ0) is 17.9. The zero-order valence-electron chi connectivity index (χ0n) is 15.6. The molecule has 0 saturated carbocycles. The molecule has 0 aliphatic carbocycles. The Kier molecular flexibility index (Phi) is 10.8. The van der Waals surface area contributed by atoms with Crippen LogP contribution in [-0.4, -0.2) is 39.9 Å². The summed E-state index contributed by atoms with van der Waals surface area (Å²) in [7, 11) is 3.36. The summed E-state index contributed by atoms with van der Waals surface area (Å²) >= 11 is 0. The van der Waals surface area contributed by atoms with Gasteiger partial charge >= 0.3 is 0 Å². The monoisotopic (exact) mass is 473 g/mol. The van der Waals surface area contributed by atoms with Gasteiger partial charge in [-0.2, -0.15) is 0 Å². The van der Waals surface area contributed by atoms with Crippen LogP contribution < -0.4 is 15.4 Å². The van der Waals surface area contributed by atoms with Crippen molar-refractivity contribution in [3.05, 3.63) is 53.5 Å². The number of rotatable bonds is 9. The Morgan fingerprint density at radius 1 is 1.15 bits per heavy atom. The summed E-state index contributed by atoms with van der Waals surface area (Å²) in [4.78, 5) is 4.65. The van der Waals surface area contributed by atoms with Crippen molar-refractivity contribution in [3.8, 4) is 5.75 Å². The molecule has 0 unspecified atom stereocenters. The van der Waals surface area contributed by atoms with Crippen LogP contribution in [0.2, 0.25) is 0 Å². The van der Waals surface area contributed by atoms with Gasteiger partial charge in [-0.05, 0) is 30.7 Å². The van der Waals surface area contributed by atoms with E-state index in [1.807, 2.05) is 31.2 Å². The molecular weight excluding hydrogens is 445 g/mol. The number of halogens is 1. The topological polar surface area (TPSA) is 68.0 Å². The standard InChI is InChI=1S/C19H27N3O3.HI/c1-15-6-7-16(18(13-15)24-3)14-22-19(21-10-12-23-2)20-9-8-17-5-4-11-25-17;/h4-7,11,13H,8-10,12,14H2,1-3H3,(H2,20,21,22);1H. The number of ether oxygens (including phenoxy) is 2. The third kappa shape index (κ3) is 7.65. The lowest BCUT2D eigenvalue weighted by Crippen LogP contribution is -2.40. The molecule has 0 saturated heterocycles. The lowest BCUT2D eigenvalue weighted by atomic mass is 10.1. The quantitative estimate of drug-likeness (QED) is 0.254. The number of hydrogen-bond acceptors (Lipinski definition) is 4. The second-order valence-electron chi connectivity index (χ2n) is 5.66. The molecule has 2 rings (SSSR count). The van der Waals surface area contributed by atoms with Crippen LogP contribution in [0, 0.1) is 6.92 Å². The number of hydrogen-bond donors (Lipinski definition) is 2. The van der Waals surface area contributed by atoms with Gasteiger partial charge in [-0.1, -0.05) is 12.1 Å². The van der Waals surface area contributed by atoms with Crippen LogP contribution in [0.15, 0.2) is 46.0 Å². The molecular formula is C19H28IN3O3. The summed E-state index contributed by atoms with van der Waals surface area (Å²) in [5.74, 6) is 2.55. The minimum Gasteiger partial charge on any atom is -0.496 e. The average molecular weight is 473 g/mol. The van der Waals surface area contributed by atoms with E-state index in [1.165, 1.54) is 5.56 Å². The van der Waals surface area contributed by atoms with Gasteiger partial charge in [0, 0.05) is 32.2 Å². The number of furan rings is 1. The Morgan fingerprint density at radius 3 is 2.65 bits per heavy atom. The van der Waals surface area contributed by atoms with Crippen LogP contribution in [0.4, 0.5) is 0 Å². The van der Waals surface area contributed by atoms with Crippen LogP contribution in [0.5, 0.6) is 5.75 Å². The molecule has 7 heteroatoms. The summed E-state index contributed by atoms with van der Waals surface area (Å²) < 4.78 is 15.9. The number of guanidine groups is 1. The van der Waals surface area contributed by atoms with Crippen LogP contribution >= 0.6 is 24.0 Å². The fourth-order valence-electron chi connectivity index (χ4n) is 2.35. The van der Waals surface area contributed by atoms with Crippen LogP contribution in [0.1, 0.15) is 16.9 Å². The van der Waals surface area contributed by atoms with E-state index >= 15 is 0 Å². The fraction of sp³-hybridized carbons (Fsp3) is 0.421. The molecule has 6 nitrogen and oxygen atoms in total. The number of aryl methyl sites for hydroxylation is 1. The molecule has 26 heavy (non-hydrogen) atoms. The first-order valence-corrected chi connectivity index (χ1v) is 8.40. The Hall–Kier alpha value is -1.74. The van der Waals surface area contributed by atoms with E-state index in [0.29, 0.717) is 19.7 Å². The highest BCUT2D eigenvalue weighted by molar-refractivity contribution is 14.0. The predicted molar refractivity (Wildman–Crippen MR) is 115 cm³/mol. The van der Waals surface area contributed by atoms with Crippen molar-refractivity contribution in [2.24, 2.45) is 4.99 Å². The molecule has 0 fully saturated rings. The fourth-order valence-corrected chi connectivity index (χ4v) is 2.35. The van der Waals surface area contributed by atoms with Gasteiger partial charge in [0.25, 0.3) is 0 Å². The first-order valence-electron chi connectivity index (χ1n) is 8.40. The Bertz CT molecular complexity index is 660. The zero-order valence-corrected chi connectivity index (χ0v) is 17.9.